The molecule has 1 atom stereocenters. The van der Waals surface area contributed by atoms with Crippen LogP contribution < -0.4 is 5.73 Å². The van der Waals surface area contributed by atoms with E-state index < -0.39 is 0 Å². The summed E-state index contributed by atoms with van der Waals surface area (Å²) >= 11 is 0. The highest BCUT2D eigenvalue weighted by atomic mass is 19.1. The number of benzene rings is 1. The average molecular weight is 249 g/mol. The predicted molar refractivity (Wildman–Crippen MR) is 65.3 cm³/mol. The van der Waals surface area contributed by atoms with E-state index in [2.05, 4.69) is 10.1 Å². The van der Waals surface area contributed by atoms with Crippen molar-refractivity contribution in [3.05, 3.63) is 47.4 Å². The second kappa shape index (κ2) is 5.27. The van der Waals surface area contributed by atoms with Crippen LogP contribution in [0.25, 0.3) is 0 Å². The second-order valence-corrected chi connectivity index (χ2v) is 4.63. The standard InChI is InChI=1S/C13H16FN3O/c1-8(2)12(15)13-16-11(17-18-13)7-9-4-3-5-10(14)6-9/h3-6,8,12H,7,15H2,1-2H3/t12-/m0/s1. The lowest BCUT2D eigenvalue weighted by Gasteiger charge is -2.09. The van der Waals surface area contributed by atoms with Crippen molar-refractivity contribution in [3.8, 4) is 0 Å². The van der Waals surface area contributed by atoms with Crippen LogP contribution >= 0.6 is 0 Å². The third-order valence-corrected chi connectivity index (χ3v) is 2.74. The Kier molecular flexibility index (Phi) is 3.72. The number of halogens is 1. The number of hydrogen-bond acceptors (Lipinski definition) is 4. The molecule has 2 aromatic rings. The van der Waals surface area contributed by atoms with Gasteiger partial charge in [-0.15, -0.1) is 0 Å². The molecule has 1 aromatic carbocycles. The van der Waals surface area contributed by atoms with Crippen LogP contribution in [0.4, 0.5) is 4.39 Å². The minimum absolute atomic E-state index is 0.229. The molecular weight excluding hydrogens is 233 g/mol. The number of nitrogens with two attached hydrogens (primary N) is 1. The Morgan fingerprint density at radius 1 is 1.39 bits per heavy atom. The van der Waals surface area contributed by atoms with Crippen molar-refractivity contribution in [2.45, 2.75) is 26.3 Å². The van der Waals surface area contributed by atoms with Gasteiger partial charge in [-0.3, -0.25) is 0 Å². The molecule has 0 aliphatic rings. The first kappa shape index (κ1) is 12.7. The minimum Gasteiger partial charge on any atom is -0.338 e. The maximum Gasteiger partial charge on any atom is 0.243 e. The van der Waals surface area contributed by atoms with Crippen molar-refractivity contribution in [1.82, 2.24) is 10.1 Å². The Bertz CT molecular complexity index is 524. The van der Waals surface area contributed by atoms with Crippen LogP contribution in [0.3, 0.4) is 0 Å². The normalized spacial score (nSPS) is 12.9. The van der Waals surface area contributed by atoms with Gasteiger partial charge in [0.25, 0.3) is 0 Å². The Morgan fingerprint density at radius 3 is 2.83 bits per heavy atom. The third kappa shape index (κ3) is 2.92. The second-order valence-electron chi connectivity index (χ2n) is 4.63. The van der Waals surface area contributed by atoms with E-state index in [-0.39, 0.29) is 17.8 Å². The third-order valence-electron chi connectivity index (χ3n) is 2.74. The highest BCUT2D eigenvalue weighted by molar-refractivity contribution is 5.19. The van der Waals surface area contributed by atoms with Crippen molar-refractivity contribution < 1.29 is 8.91 Å². The molecule has 1 aromatic heterocycles. The zero-order valence-electron chi connectivity index (χ0n) is 10.4. The molecule has 0 bridgehead atoms. The summed E-state index contributed by atoms with van der Waals surface area (Å²) in [5, 5.41) is 3.86. The summed E-state index contributed by atoms with van der Waals surface area (Å²) in [7, 11) is 0. The largest absolute Gasteiger partial charge is 0.338 e. The average Bonchev–Trinajstić information content (AvgIpc) is 2.76. The zero-order valence-corrected chi connectivity index (χ0v) is 10.4. The highest BCUT2D eigenvalue weighted by Crippen LogP contribution is 2.17. The first-order valence-corrected chi connectivity index (χ1v) is 5.89. The lowest BCUT2D eigenvalue weighted by atomic mass is 10.1. The molecule has 0 spiro atoms. The van der Waals surface area contributed by atoms with Gasteiger partial charge in [0, 0.05) is 6.42 Å². The van der Waals surface area contributed by atoms with Gasteiger partial charge in [-0.25, -0.2) is 4.39 Å². The molecule has 0 fully saturated rings. The quantitative estimate of drug-likeness (QED) is 0.904. The molecule has 0 aliphatic heterocycles. The molecule has 5 heteroatoms. The first-order valence-electron chi connectivity index (χ1n) is 5.89. The van der Waals surface area contributed by atoms with E-state index in [4.69, 9.17) is 10.3 Å². The summed E-state index contributed by atoms with van der Waals surface area (Å²) in [6, 6.07) is 6.07. The Balaban J connectivity index is 2.11. The number of nitrogens with zero attached hydrogens (tertiary/aromatic N) is 2. The molecule has 0 saturated heterocycles. The molecule has 1 heterocycles. The van der Waals surface area contributed by atoms with Crippen molar-refractivity contribution in [2.24, 2.45) is 11.7 Å². The van der Waals surface area contributed by atoms with Crippen LogP contribution in [0.1, 0.15) is 37.2 Å². The van der Waals surface area contributed by atoms with Crippen molar-refractivity contribution in [1.29, 1.82) is 0 Å². The van der Waals surface area contributed by atoms with Gasteiger partial charge in [0.2, 0.25) is 5.89 Å². The number of hydrogen-bond donors (Lipinski definition) is 1. The monoisotopic (exact) mass is 249 g/mol. The van der Waals surface area contributed by atoms with Gasteiger partial charge in [-0.05, 0) is 23.6 Å². The molecule has 4 nitrogen and oxygen atoms in total. The highest BCUT2D eigenvalue weighted by Gasteiger charge is 2.18. The number of rotatable bonds is 4. The molecule has 0 amide bonds. The van der Waals surface area contributed by atoms with Gasteiger partial charge in [0.1, 0.15) is 5.82 Å². The minimum atomic E-state index is -0.268. The summed E-state index contributed by atoms with van der Waals surface area (Å²) in [6.07, 6.45) is 0.437. The first-order chi connectivity index (χ1) is 8.56. The molecular formula is C13H16FN3O. The fourth-order valence-electron chi connectivity index (χ4n) is 1.59. The van der Waals surface area contributed by atoms with Crippen LogP contribution in [-0.2, 0) is 6.42 Å². The maximum atomic E-state index is 13.0. The van der Waals surface area contributed by atoms with E-state index in [9.17, 15) is 4.39 Å². The van der Waals surface area contributed by atoms with E-state index in [1.54, 1.807) is 6.07 Å². The molecule has 18 heavy (non-hydrogen) atoms. The van der Waals surface area contributed by atoms with Gasteiger partial charge < -0.3 is 10.3 Å². The summed E-state index contributed by atoms with van der Waals surface area (Å²) in [5.41, 5.74) is 6.72. The van der Waals surface area contributed by atoms with E-state index in [1.165, 1.54) is 12.1 Å². The van der Waals surface area contributed by atoms with Crippen molar-refractivity contribution in [3.63, 3.8) is 0 Å². The fraction of sp³-hybridized carbons (Fsp3) is 0.385. The Hall–Kier alpha value is -1.75. The van der Waals surface area contributed by atoms with Crippen molar-refractivity contribution in [2.75, 3.05) is 0 Å². The van der Waals surface area contributed by atoms with Crippen molar-refractivity contribution >= 4 is 0 Å². The van der Waals surface area contributed by atoms with Crippen LogP contribution in [-0.4, -0.2) is 10.1 Å². The van der Waals surface area contributed by atoms with E-state index >= 15 is 0 Å². The summed E-state index contributed by atoms with van der Waals surface area (Å²) < 4.78 is 18.1. The zero-order chi connectivity index (χ0) is 13.1. The Morgan fingerprint density at radius 2 is 2.17 bits per heavy atom. The van der Waals surface area contributed by atoms with E-state index in [0.29, 0.717) is 18.1 Å². The fourth-order valence-corrected chi connectivity index (χ4v) is 1.59. The van der Waals surface area contributed by atoms with Crippen LogP contribution in [0, 0.1) is 11.7 Å². The molecule has 0 saturated carbocycles. The van der Waals surface area contributed by atoms with Gasteiger partial charge in [-0.2, -0.15) is 4.98 Å². The molecule has 2 N–H and O–H groups in total. The van der Waals surface area contributed by atoms with Gasteiger partial charge >= 0.3 is 0 Å². The summed E-state index contributed by atoms with van der Waals surface area (Å²) in [6.45, 7) is 3.97. The topological polar surface area (TPSA) is 64.9 Å². The summed E-state index contributed by atoms with van der Waals surface area (Å²) in [4.78, 5) is 4.23. The maximum absolute atomic E-state index is 13.0. The lowest BCUT2D eigenvalue weighted by molar-refractivity contribution is 0.322. The van der Waals surface area contributed by atoms with E-state index in [0.717, 1.165) is 5.56 Å². The van der Waals surface area contributed by atoms with Gasteiger partial charge in [-0.1, -0.05) is 31.1 Å². The van der Waals surface area contributed by atoms with Crippen LogP contribution in [0.15, 0.2) is 28.8 Å². The molecule has 0 unspecified atom stereocenters. The summed E-state index contributed by atoms with van der Waals surface area (Å²) in [5.74, 6) is 0.908. The molecule has 2 rings (SSSR count). The SMILES string of the molecule is CC(C)[C@H](N)c1nc(Cc2cccc(F)c2)no1. The van der Waals surface area contributed by atoms with Crippen LogP contribution in [0.5, 0.6) is 0 Å². The van der Waals surface area contributed by atoms with E-state index in [1.807, 2.05) is 19.9 Å². The molecule has 0 radical (unpaired) electrons. The van der Waals surface area contributed by atoms with Gasteiger partial charge in [0.05, 0.1) is 6.04 Å². The lowest BCUT2D eigenvalue weighted by Crippen LogP contribution is -2.17. The predicted octanol–water partition coefficient (Wildman–Crippen LogP) is 2.46. The van der Waals surface area contributed by atoms with Gasteiger partial charge in [0.15, 0.2) is 5.82 Å². The molecule has 0 aliphatic carbocycles. The Labute approximate surface area is 105 Å². The smallest absolute Gasteiger partial charge is 0.243 e. The number of aromatic nitrogens is 2. The molecule has 96 valence electrons. The van der Waals surface area contributed by atoms with Crippen LogP contribution in [0.2, 0.25) is 0 Å².